The maximum atomic E-state index is 12.1. The summed E-state index contributed by atoms with van der Waals surface area (Å²) in [5, 5.41) is 12.3. The summed E-state index contributed by atoms with van der Waals surface area (Å²) in [5.41, 5.74) is 1.67. The molecule has 3 rings (SSSR count). The van der Waals surface area contributed by atoms with Gasteiger partial charge in [0.2, 0.25) is 5.91 Å². The fourth-order valence-electron chi connectivity index (χ4n) is 2.70. The van der Waals surface area contributed by atoms with Crippen LogP contribution >= 0.6 is 11.8 Å². The molecular weight excluding hydrogens is 372 g/mol. The van der Waals surface area contributed by atoms with Gasteiger partial charge in [-0.25, -0.2) is 0 Å². The van der Waals surface area contributed by atoms with Crippen molar-refractivity contribution in [2.45, 2.75) is 18.1 Å². The molecule has 0 radical (unpaired) electrons. The maximum Gasteiger partial charge on any atom is 0.225 e. The van der Waals surface area contributed by atoms with Crippen LogP contribution in [0, 0.1) is 0 Å². The van der Waals surface area contributed by atoms with Gasteiger partial charge in [0.25, 0.3) is 0 Å². The zero-order valence-corrected chi connectivity index (χ0v) is 16.5. The van der Waals surface area contributed by atoms with Crippen LogP contribution in [-0.4, -0.2) is 33.5 Å². The van der Waals surface area contributed by atoms with Crippen molar-refractivity contribution in [2.24, 2.45) is 0 Å². The Morgan fingerprint density at radius 3 is 2.68 bits per heavy atom. The average molecular weight is 395 g/mol. The molecule has 0 fully saturated rings. The minimum atomic E-state index is -0.0292. The van der Waals surface area contributed by atoms with Gasteiger partial charge in [-0.3, -0.25) is 9.36 Å². The number of allylic oxidation sites excluding steroid dienone is 1. The van der Waals surface area contributed by atoms with Crippen LogP contribution < -0.4 is 10.1 Å². The molecule has 0 aliphatic rings. The van der Waals surface area contributed by atoms with Crippen LogP contribution in [0.3, 0.4) is 0 Å². The van der Waals surface area contributed by atoms with Gasteiger partial charge in [0.1, 0.15) is 5.75 Å². The number of nitrogens with one attached hydrogen (secondary N) is 1. The number of nitrogens with zero attached hydrogens (tertiary/aromatic N) is 3. The highest BCUT2D eigenvalue weighted by Gasteiger charge is 2.17. The van der Waals surface area contributed by atoms with E-state index in [2.05, 4.69) is 22.1 Å². The number of para-hydroxylation sites is 2. The smallest absolute Gasteiger partial charge is 0.225 e. The van der Waals surface area contributed by atoms with Crippen LogP contribution in [0.4, 0.5) is 5.69 Å². The number of hydrogen-bond acceptors (Lipinski definition) is 5. The summed E-state index contributed by atoms with van der Waals surface area (Å²) in [5.74, 6) is 2.02. The monoisotopic (exact) mass is 394 g/mol. The van der Waals surface area contributed by atoms with Crippen molar-refractivity contribution in [1.29, 1.82) is 0 Å². The molecule has 1 aromatic heterocycles. The van der Waals surface area contributed by atoms with E-state index in [0.29, 0.717) is 24.5 Å². The molecule has 3 aromatic rings. The Bertz CT molecular complexity index is 941. The second kappa shape index (κ2) is 9.75. The quantitative estimate of drug-likeness (QED) is 0.434. The molecule has 144 valence electrons. The fourth-order valence-corrected chi connectivity index (χ4v) is 3.58. The Hall–Kier alpha value is -3.06. The number of anilines is 1. The summed E-state index contributed by atoms with van der Waals surface area (Å²) in [6.07, 6.45) is 2.18. The van der Waals surface area contributed by atoms with Crippen LogP contribution in [0.15, 0.2) is 72.4 Å². The standard InChI is InChI=1S/C21H22N4O2S/c1-3-14-25-20(17-11-7-8-12-18(17)27-2)23-24-21(25)28-15-13-19(26)22-16-9-5-4-6-10-16/h3-12H,1,13-15H2,2H3,(H,22,26). The molecule has 1 heterocycles. The van der Waals surface area contributed by atoms with Gasteiger partial charge in [-0.05, 0) is 24.3 Å². The Morgan fingerprint density at radius 2 is 1.93 bits per heavy atom. The lowest BCUT2D eigenvalue weighted by atomic mass is 10.2. The van der Waals surface area contributed by atoms with Crippen LogP contribution in [0.1, 0.15) is 6.42 Å². The topological polar surface area (TPSA) is 69.0 Å². The molecule has 2 aromatic carbocycles. The summed E-state index contributed by atoms with van der Waals surface area (Å²) in [6.45, 7) is 4.40. The summed E-state index contributed by atoms with van der Waals surface area (Å²) in [4.78, 5) is 12.1. The highest BCUT2D eigenvalue weighted by atomic mass is 32.2. The summed E-state index contributed by atoms with van der Waals surface area (Å²) in [6, 6.07) is 17.1. The molecular formula is C21H22N4O2S. The van der Waals surface area contributed by atoms with Crippen LogP contribution in [-0.2, 0) is 11.3 Å². The molecule has 7 heteroatoms. The van der Waals surface area contributed by atoms with E-state index in [4.69, 9.17) is 4.74 Å². The van der Waals surface area contributed by atoms with E-state index in [1.807, 2.05) is 59.2 Å². The van der Waals surface area contributed by atoms with Crippen LogP contribution in [0.5, 0.6) is 5.75 Å². The molecule has 0 aliphatic heterocycles. The van der Waals surface area contributed by atoms with Gasteiger partial charge in [0, 0.05) is 24.4 Å². The van der Waals surface area contributed by atoms with Gasteiger partial charge in [0.15, 0.2) is 11.0 Å². The third-order valence-electron chi connectivity index (χ3n) is 3.99. The van der Waals surface area contributed by atoms with E-state index in [1.165, 1.54) is 11.8 Å². The number of carbonyl (C=O) groups is 1. The molecule has 0 saturated heterocycles. The molecule has 0 spiro atoms. The highest BCUT2D eigenvalue weighted by Crippen LogP contribution is 2.31. The van der Waals surface area contributed by atoms with Crippen LogP contribution in [0.2, 0.25) is 0 Å². The number of ether oxygens (including phenoxy) is 1. The zero-order valence-electron chi connectivity index (χ0n) is 15.7. The molecule has 6 nitrogen and oxygen atoms in total. The Labute approximate surface area is 168 Å². The maximum absolute atomic E-state index is 12.1. The van der Waals surface area contributed by atoms with Crippen molar-refractivity contribution in [3.8, 4) is 17.1 Å². The Kier molecular flexibility index (Phi) is 6.86. The molecule has 1 N–H and O–H groups in total. The van der Waals surface area contributed by atoms with E-state index >= 15 is 0 Å². The SMILES string of the molecule is C=CCn1c(SCCC(=O)Nc2ccccc2)nnc1-c1ccccc1OC. The zero-order chi connectivity index (χ0) is 19.8. The van der Waals surface area contributed by atoms with Crippen LogP contribution in [0.25, 0.3) is 11.4 Å². The normalized spacial score (nSPS) is 10.5. The third-order valence-corrected chi connectivity index (χ3v) is 4.96. The number of hydrogen-bond donors (Lipinski definition) is 1. The van der Waals surface area contributed by atoms with E-state index < -0.39 is 0 Å². The predicted octanol–water partition coefficient (Wildman–Crippen LogP) is 4.26. The number of rotatable bonds is 9. The van der Waals surface area contributed by atoms with Crippen molar-refractivity contribution < 1.29 is 9.53 Å². The molecule has 0 unspecified atom stereocenters. The molecule has 0 saturated carbocycles. The average Bonchev–Trinajstić information content (AvgIpc) is 3.11. The van der Waals surface area contributed by atoms with Gasteiger partial charge in [-0.2, -0.15) is 0 Å². The van der Waals surface area contributed by atoms with Crippen molar-refractivity contribution in [3.05, 3.63) is 67.3 Å². The summed E-state index contributed by atoms with van der Waals surface area (Å²) in [7, 11) is 1.63. The lowest BCUT2D eigenvalue weighted by Gasteiger charge is -2.10. The first-order chi connectivity index (χ1) is 13.7. The Morgan fingerprint density at radius 1 is 1.18 bits per heavy atom. The number of thioether (sulfide) groups is 1. The van der Waals surface area contributed by atoms with Gasteiger partial charge in [0.05, 0.1) is 12.7 Å². The molecule has 0 bridgehead atoms. The third kappa shape index (κ3) is 4.80. The van der Waals surface area contributed by atoms with Crippen molar-refractivity contribution >= 4 is 23.4 Å². The number of aromatic nitrogens is 3. The van der Waals surface area contributed by atoms with E-state index in [9.17, 15) is 4.79 Å². The van der Waals surface area contributed by atoms with Gasteiger partial charge < -0.3 is 10.1 Å². The molecule has 0 atom stereocenters. The second-order valence-electron chi connectivity index (χ2n) is 5.92. The van der Waals surface area contributed by atoms with Gasteiger partial charge in [-0.1, -0.05) is 48.2 Å². The Balaban J connectivity index is 1.68. The fraction of sp³-hybridized carbons (Fsp3) is 0.190. The van der Waals surface area contributed by atoms with Crippen molar-refractivity contribution in [3.63, 3.8) is 0 Å². The number of carbonyl (C=O) groups excluding carboxylic acids is 1. The molecule has 0 aliphatic carbocycles. The van der Waals surface area contributed by atoms with E-state index in [-0.39, 0.29) is 5.91 Å². The first-order valence-electron chi connectivity index (χ1n) is 8.88. The van der Waals surface area contributed by atoms with Crippen molar-refractivity contribution in [1.82, 2.24) is 14.8 Å². The van der Waals surface area contributed by atoms with Gasteiger partial charge >= 0.3 is 0 Å². The van der Waals surface area contributed by atoms with E-state index in [1.54, 1.807) is 13.2 Å². The summed E-state index contributed by atoms with van der Waals surface area (Å²) >= 11 is 1.49. The second-order valence-corrected chi connectivity index (χ2v) is 6.98. The minimum Gasteiger partial charge on any atom is -0.496 e. The number of amides is 1. The van der Waals surface area contributed by atoms with Gasteiger partial charge in [-0.15, -0.1) is 16.8 Å². The largest absolute Gasteiger partial charge is 0.496 e. The number of methoxy groups -OCH3 is 1. The number of benzene rings is 2. The summed E-state index contributed by atoms with van der Waals surface area (Å²) < 4.78 is 7.42. The minimum absolute atomic E-state index is 0.0292. The first kappa shape index (κ1) is 19.7. The molecule has 1 amide bonds. The highest BCUT2D eigenvalue weighted by molar-refractivity contribution is 7.99. The van der Waals surface area contributed by atoms with E-state index in [0.717, 1.165) is 22.2 Å². The lowest BCUT2D eigenvalue weighted by molar-refractivity contribution is -0.115. The van der Waals surface area contributed by atoms with Crippen molar-refractivity contribution in [2.75, 3.05) is 18.2 Å². The first-order valence-corrected chi connectivity index (χ1v) is 9.86. The lowest BCUT2D eigenvalue weighted by Crippen LogP contribution is -2.12. The molecule has 28 heavy (non-hydrogen) atoms. The predicted molar refractivity (Wildman–Crippen MR) is 113 cm³/mol.